The van der Waals surface area contributed by atoms with Gasteiger partial charge in [0.1, 0.15) is 0 Å². The summed E-state index contributed by atoms with van der Waals surface area (Å²) < 4.78 is 6.09. The molecule has 1 heterocycles. The van der Waals surface area contributed by atoms with Crippen molar-refractivity contribution >= 4 is 56.2 Å². The first-order valence-corrected chi connectivity index (χ1v) is 8.24. The van der Waals surface area contributed by atoms with Gasteiger partial charge in [0.15, 0.2) is 0 Å². The molecule has 0 spiro atoms. The van der Waals surface area contributed by atoms with Crippen LogP contribution in [0, 0.1) is 0 Å². The van der Waals surface area contributed by atoms with Crippen molar-refractivity contribution in [1.29, 1.82) is 0 Å². The van der Waals surface area contributed by atoms with Crippen LogP contribution in [0.1, 0.15) is 22.2 Å². The molecule has 0 atom stereocenters. The van der Waals surface area contributed by atoms with E-state index in [2.05, 4.69) is 21.2 Å². The molecule has 112 valence electrons. The fraction of sp³-hybridized carbons (Fsp3) is 0.214. The molecule has 2 aromatic rings. The van der Waals surface area contributed by atoms with E-state index in [4.69, 9.17) is 22.1 Å². The van der Waals surface area contributed by atoms with Crippen molar-refractivity contribution in [2.45, 2.75) is 13.5 Å². The predicted molar refractivity (Wildman–Crippen MR) is 91.2 cm³/mol. The zero-order valence-electron chi connectivity index (χ0n) is 11.3. The second-order valence-electron chi connectivity index (χ2n) is 4.21. The largest absolute Gasteiger partial charge is 0.462 e. The SMILES string of the molecule is CCOC(=O)c1cc(N)cc(Cl)c1NCc1ccc(Br)s1. The number of rotatable bonds is 5. The molecule has 0 amide bonds. The molecular weight excluding hydrogens is 376 g/mol. The van der Waals surface area contributed by atoms with Crippen LogP contribution in [0.2, 0.25) is 5.02 Å². The van der Waals surface area contributed by atoms with E-state index in [1.165, 1.54) is 0 Å². The van der Waals surface area contributed by atoms with Crippen molar-refractivity contribution in [1.82, 2.24) is 0 Å². The lowest BCUT2D eigenvalue weighted by molar-refractivity contribution is 0.0527. The molecule has 7 heteroatoms. The fourth-order valence-electron chi connectivity index (χ4n) is 1.80. The normalized spacial score (nSPS) is 10.4. The van der Waals surface area contributed by atoms with Gasteiger partial charge in [0.05, 0.1) is 26.7 Å². The second kappa shape index (κ2) is 7.15. The summed E-state index contributed by atoms with van der Waals surface area (Å²) >= 11 is 11.2. The van der Waals surface area contributed by atoms with Crippen LogP contribution < -0.4 is 11.1 Å². The molecule has 0 aliphatic heterocycles. The van der Waals surface area contributed by atoms with Gasteiger partial charge in [-0.1, -0.05) is 11.6 Å². The minimum atomic E-state index is -0.443. The molecule has 0 aliphatic rings. The first kappa shape index (κ1) is 16.1. The van der Waals surface area contributed by atoms with Gasteiger partial charge < -0.3 is 15.8 Å². The van der Waals surface area contributed by atoms with Gasteiger partial charge in [0.2, 0.25) is 0 Å². The Bertz CT molecular complexity index is 660. The van der Waals surface area contributed by atoms with E-state index in [0.29, 0.717) is 35.1 Å². The maximum absolute atomic E-state index is 12.0. The Hall–Kier alpha value is -1.24. The highest BCUT2D eigenvalue weighted by Crippen LogP contribution is 2.31. The molecular formula is C14H14BrClN2O2S. The van der Waals surface area contributed by atoms with Crippen LogP contribution >= 0.6 is 38.9 Å². The molecule has 3 N–H and O–H groups in total. The number of benzene rings is 1. The van der Waals surface area contributed by atoms with Crippen LogP contribution in [0.25, 0.3) is 0 Å². The molecule has 0 unspecified atom stereocenters. The third-order valence-corrected chi connectivity index (χ3v) is 4.60. The standard InChI is InChI=1S/C14H14BrClN2O2S/c1-2-20-14(19)10-5-8(17)6-11(16)13(10)18-7-9-3-4-12(15)21-9/h3-6,18H,2,7,17H2,1H3. The van der Waals surface area contributed by atoms with E-state index >= 15 is 0 Å². The maximum atomic E-state index is 12.0. The summed E-state index contributed by atoms with van der Waals surface area (Å²) in [6.45, 7) is 2.61. The Morgan fingerprint density at radius 1 is 1.48 bits per heavy atom. The van der Waals surface area contributed by atoms with Gasteiger partial charge in [-0.05, 0) is 47.1 Å². The van der Waals surface area contributed by atoms with E-state index in [-0.39, 0.29) is 0 Å². The van der Waals surface area contributed by atoms with Crippen LogP contribution in [-0.4, -0.2) is 12.6 Å². The zero-order valence-corrected chi connectivity index (χ0v) is 14.4. The molecule has 1 aromatic carbocycles. The van der Waals surface area contributed by atoms with E-state index in [0.717, 1.165) is 8.66 Å². The van der Waals surface area contributed by atoms with Crippen LogP contribution in [0.4, 0.5) is 11.4 Å². The van der Waals surface area contributed by atoms with Crippen LogP contribution in [0.5, 0.6) is 0 Å². The molecule has 0 saturated carbocycles. The Kier molecular flexibility index (Phi) is 5.50. The molecule has 0 fully saturated rings. The molecule has 2 rings (SSSR count). The number of nitrogens with two attached hydrogens (primary N) is 1. The van der Waals surface area contributed by atoms with E-state index < -0.39 is 5.97 Å². The quantitative estimate of drug-likeness (QED) is 0.582. The number of hydrogen-bond acceptors (Lipinski definition) is 5. The minimum absolute atomic E-state index is 0.294. The number of esters is 1. The fourth-order valence-corrected chi connectivity index (χ4v) is 3.52. The Balaban J connectivity index is 2.26. The summed E-state index contributed by atoms with van der Waals surface area (Å²) in [6, 6.07) is 7.14. The monoisotopic (exact) mass is 388 g/mol. The number of hydrogen-bond donors (Lipinski definition) is 2. The van der Waals surface area contributed by atoms with Gasteiger partial charge in [0, 0.05) is 17.1 Å². The number of carbonyl (C=O) groups excluding carboxylic acids is 1. The molecule has 21 heavy (non-hydrogen) atoms. The van der Waals surface area contributed by atoms with E-state index in [1.54, 1.807) is 30.4 Å². The maximum Gasteiger partial charge on any atom is 0.340 e. The van der Waals surface area contributed by atoms with Crippen molar-refractivity contribution in [2.24, 2.45) is 0 Å². The second-order valence-corrected chi connectivity index (χ2v) is 7.16. The summed E-state index contributed by atoms with van der Waals surface area (Å²) in [4.78, 5) is 13.1. The van der Waals surface area contributed by atoms with Crippen LogP contribution in [0.3, 0.4) is 0 Å². The number of nitrogen functional groups attached to an aromatic ring is 1. The van der Waals surface area contributed by atoms with Gasteiger partial charge in [-0.25, -0.2) is 4.79 Å². The van der Waals surface area contributed by atoms with Gasteiger partial charge in [-0.15, -0.1) is 11.3 Å². The van der Waals surface area contributed by atoms with Gasteiger partial charge >= 0.3 is 5.97 Å². The topological polar surface area (TPSA) is 64.3 Å². The van der Waals surface area contributed by atoms with E-state index in [9.17, 15) is 4.79 Å². The Morgan fingerprint density at radius 2 is 2.24 bits per heavy atom. The summed E-state index contributed by atoms with van der Waals surface area (Å²) in [7, 11) is 0. The van der Waals surface area contributed by atoms with Gasteiger partial charge in [-0.2, -0.15) is 0 Å². The highest BCUT2D eigenvalue weighted by atomic mass is 79.9. The lowest BCUT2D eigenvalue weighted by atomic mass is 10.1. The van der Waals surface area contributed by atoms with Crippen molar-refractivity contribution in [3.8, 4) is 0 Å². The summed E-state index contributed by atoms with van der Waals surface area (Å²) in [5.41, 5.74) is 7.05. The molecule has 0 aliphatic carbocycles. The third-order valence-electron chi connectivity index (χ3n) is 2.68. The molecule has 1 aromatic heterocycles. The summed E-state index contributed by atoms with van der Waals surface area (Å²) in [6.07, 6.45) is 0. The van der Waals surface area contributed by atoms with Crippen molar-refractivity contribution in [3.05, 3.63) is 43.5 Å². The van der Waals surface area contributed by atoms with Crippen molar-refractivity contribution < 1.29 is 9.53 Å². The van der Waals surface area contributed by atoms with Crippen molar-refractivity contribution in [2.75, 3.05) is 17.7 Å². The first-order valence-electron chi connectivity index (χ1n) is 6.25. The highest BCUT2D eigenvalue weighted by Gasteiger charge is 2.16. The summed E-state index contributed by atoms with van der Waals surface area (Å²) in [5.74, 6) is -0.443. The smallest absolute Gasteiger partial charge is 0.340 e. The molecule has 4 nitrogen and oxygen atoms in total. The van der Waals surface area contributed by atoms with Gasteiger partial charge in [0.25, 0.3) is 0 Å². The zero-order chi connectivity index (χ0) is 15.4. The van der Waals surface area contributed by atoms with Gasteiger partial charge in [-0.3, -0.25) is 0 Å². The van der Waals surface area contributed by atoms with E-state index in [1.807, 2.05) is 12.1 Å². The predicted octanol–water partition coefficient (Wildman–Crippen LogP) is 4.54. The lowest BCUT2D eigenvalue weighted by Crippen LogP contribution is -2.11. The van der Waals surface area contributed by atoms with Crippen LogP contribution in [-0.2, 0) is 11.3 Å². The Morgan fingerprint density at radius 3 is 2.86 bits per heavy atom. The highest BCUT2D eigenvalue weighted by molar-refractivity contribution is 9.11. The lowest BCUT2D eigenvalue weighted by Gasteiger charge is -2.13. The average Bonchev–Trinajstić information content (AvgIpc) is 2.83. The van der Waals surface area contributed by atoms with Crippen molar-refractivity contribution in [3.63, 3.8) is 0 Å². The molecule has 0 bridgehead atoms. The number of nitrogens with one attached hydrogen (secondary N) is 1. The average molecular weight is 390 g/mol. The number of carbonyl (C=O) groups is 1. The Labute approximate surface area is 140 Å². The molecule has 0 radical (unpaired) electrons. The molecule has 0 saturated heterocycles. The van der Waals surface area contributed by atoms with Crippen LogP contribution in [0.15, 0.2) is 28.1 Å². The minimum Gasteiger partial charge on any atom is -0.462 e. The first-order chi connectivity index (χ1) is 10.0. The number of anilines is 2. The summed E-state index contributed by atoms with van der Waals surface area (Å²) in [5, 5.41) is 3.58. The number of halogens is 2. The number of thiophene rings is 1. The third kappa shape index (κ3) is 4.12. The number of ether oxygens (including phenoxy) is 1.